The molecule has 2 aromatic rings. The molecule has 76 valence electrons. The fourth-order valence-electron chi connectivity index (χ4n) is 1.18. The number of aromatic nitrogens is 3. The van der Waals surface area contributed by atoms with E-state index in [0.29, 0.717) is 17.2 Å². The molecule has 2 N–H and O–H groups in total. The first-order chi connectivity index (χ1) is 7.36. The first-order valence-electron chi connectivity index (χ1n) is 4.55. The molecule has 0 radical (unpaired) electrons. The van der Waals surface area contributed by atoms with E-state index in [2.05, 4.69) is 20.7 Å². The van der Waals surface area contributed by atoms with Gasteiger partial charge in [0.15, 0.2) is 0 Å². The molecule has 0 saturated carbocycles. The van der Waals surface area contributed by atoms with Crippen LogP contribution in [0.15, 0.2) is 36.5 Å². The Kier molecular flexibility index (Phi) is 3.04. The van der Waals surface area contributed by atoms with Crippen LogP contribution in [0.4, 0.5) is 0 Å². The molecule has 2 rings (SSSR count). The Morgan fingerprint density at radius 1 is 1.33 bits per heavy atom. The molecule has 15 heavy (non-hydrogen) atoms. The van der Waals surface area contributed by atoms with Crippen LogP contribution in [0, 0.1) is 0 Å². The maximum absolute atomic E-state index is 5.14. The Balaban J connectivity index is 1.92. The van der Waals surface area contributed by atoms with Crippen LogP contribution in [0.2, 0.25) is 0 Å². The largest absolute Gasteiger partial charge is 0.370 e. The molecule has 0 spiro atoms. The first kappa shape index (κ1) is 9.79. The predicted octanol–water partition coefficient (Wildman–Crippen LogP) is 1.27. The van der Waals surface area contributed by atoms with Crippen molar-refractivity contribution in [1.82, 2.24) is 20.7 Å². The highest BCUT2D eigenvalue weighted by molar-refractivity contribution is 7.80. The van der Waals surface area contributed by atoms with E-state index in [0.717, 1.165) is 0 Å². The summed E-state index contributed by atoms with van der Waals surface area (Å²) in [6.07, 6.45) is 1.67. The number of benzene rings is 1. The van der Waals surface area contributed by atoms with Crippen molar-refractivity contribution in [2.45, 2.75) is 6.54 Å². The zero-order chi connectivity index (χ0) is 10.5. The highest BCUT2D eigenvalue weighted by Gasteiger charge is 2.02. The van der Waals surface area contributed by atoms with Gasteiger partial charge in [0.1, 0.15) is 10.7 Å². The lowest BCUT2D eigenvalue weighted by atomic mass is 10.2. The average molecular weight is 218 g/mol. The standard InChI is InChI=1S/C10H10N4S/c15-10(9-7-12-14-13-9)11-6-8-4-2-1-3-5-8/h1-5,7H,6H2,(H,11,15)(H,12,13,14). The summed E-state index contributed by atoms with van der Waals surface area (Å²) in [6.45, 7) is 0.701. The fourth-order valence-corrected chi connectivity index (χ4v) is 1.35. The van der Waals surface area contributed by atoms with Crippen LogP contribution in [0.1, 0.15) is 11.3 Å². The van der Waals surface area contributed by atoms with Crippen molar-refractivity contribution in [2.24, 2.45) is 0 Å². The summed E-state index contributed by atoms with van der Waals surface area (Å²) in [4.78, 5) is 0.604. The minimum absolute atomic E-state index is 0.604. The van der Waals surface area contributed by atoms with E-state index in [4.69, 9.17) is 12.2 Å². The van der Waals surface area contributed by atoms with Crippen LogP contribution in [0.5, 0.6) is 0 Å². The van der Waals surface area contributed by atoms with Crippen LogP contribution in [-0.4, -0.2) is 20.4 Å². The third-order valence-electron chi connectivity index (χ3n) is 1.95. The lowest BCUT2D eigenvalue weighted by Crippen LogP contribution is -2.21. The molecule has 0 aliphatic rings. The van der Waals surface area contributed by atoms with E-state index in [1.807, 2.05) is 30.3 Å². The van der Waals surface area contributed by atoms with Crippen molar-refractivity contribution >= 4 is 17.2 Å². The maximum atomic E-state index is 5.14. The number of aromatic amines is 1. The molecular formula is C10H10N4S. The van der Waals surface area contributed by atoms with E-state index < -0.39 is 0 Å². The molecule has 0 aliphatic heterocycles. The fraction of sp³-hybridized carbons (Fsp3) is 0.100. The molecule has 0 fully saturated rings. The molecule has 1 heterocycles. The second-order valence-corrected chi connectivity index (χ2v) is 3.44. The Morgan fingerprint density at radius 2 is 2.13 bits per heavy atom. The van der Waals surface area contributed by atoms with Crippen molar-refractivity contribution < 1.29 is 0 Å². The van der Waals surface area contributed by atoms with Gasteiger partial charge in [0.05, 0.1) is 6.20 Å². The summed E-state index contributed by atoms with van der Waals surface area (Å²) >= 11 is 5.14. The maximum Gasteiger partial charge on any atom is 0.139 e. The second-order valence-electron chi connectivity index (χ2n) is 3.03. The molecule has 4 nitrogen and oxygen atoms in total. The Hall–Kier alpha value is -1.75. The smallest absolute Gasteiger partial charge is 0.139 e. The Bertz CT molecular complexity index is 424. The summed E-state index contributed by atoms with van der Waals surface area (Å²) in [6, 6.07) is 10.1. The number of nitrogens with zero attached hydrogens (tertiary/aromatic N) is 2. The van der Waals surface area contributed by atoms with Crippen molar-refractivity contribution in [3.05, 3.63) is 47.8 Å². The van der Waals surface area contributed by atoms with Crippen molar-refractivity contribution in [2.75, 3.05) is 0 Å². The molecule has 0 unspecified atom stereocenters. The average Bonchev–Trinajstić information content (AvgIpc) is 2.81. The van der Waals surface area contributed by atoms with Crippen LogP contribution in [0.3, 0.4) is 0 Å². The highest BCUT2D eigenvalue weighted by Crippen LogP contribution is 1.98. The molecule has 1 aromatic carbocycles. The van der Waals surface area contributed by atoms with Crippen molar-refractivity contribution in [3.63, 3.8) is 0 Å². The van der Waals surface area contributed by atoms with Crippen molar-refractivity contribution in [3.8, 4) is 0 Å². The minimum atomic E-state index is 0.604. The summed E-state index contributed by atoms with van der Waals surface area (Å²) in [5.74, 6) is 0. The zero-order valence-electron chi connectivity index (χ0n) is 7.97. The number of thiocarbonyl (C=S) groups is 1. The van der Waals surface area contributed by atoms with Crippen LogP contribution in [0.25, 0.3) is 0 Å². The van der Waals surface area contributed by atoms with Crippen LogP contribution >= 0.6 is 12.2 Å². The van der Waals surface area contributed by atoms with Gasteiger partial charge < -0.3 is 5.32 Å². The summed E-state index contributed by atoms with van der Waals surface area (Å²) in [5.41, 5.74) is 1.85. The van der Waals surface area contributed by atoms with E-state index in [9.17, 15) is 0 Å². The lowest BCUT2D eigenvalue weighted by molar-refractivity contribution is 0.910. The molecule has 0 aliphatic carbocycles. The second kappa shape index (κ2) is 4.65. The number of rotatable bonds is 3. The molecule has 0 bridgehead atoms. The van der Waals surface area contributed by atoms with Gasteiger partial charge in [-0.25, -0.2) is 0 Å². The van der Waals surface area contributed by atoms with Gasteiger partial charge in [0, 0.05) is 6.54 Å². The molecule has 0 saturated heterocycles. The third kappa shape index (κ3) is 2.60. The van der Waals surface area contributed by atoms with Gasteiger partial charge in [-0.05, 0) is 5.56 Å². The van der Waals surface area contributed by atoms with Gasteiger partial charge in [0.2, 0.25) is 0 Å². The number of nitrogens with one attached hydrogen (secondary N) is 2. The Morgan fingerprint density at radius 3 is 2.80 bits per heavy atom. The molecular weight excluding hydrogens is 208 g/mol. The molecule has 0 amide bonds. The van der Waals surface area contributed by atoms with Gasteiger partial charge in [-0.15, -0.1) is 5.10 Å². The monoisotopic (exact) mass is 218 g/mol. The van der Waals surface area contributed by atoms with E-state index in [1.54, 1.807) is 6.20 Å². The third-order valence-corrected chi connectivity index (χ3v) is 2.30. The van der Waals surface area contributed by atoms with Gasteiger partial charge >= 0.3 is 0 Å². The first-order valence-corrected chi connectivity index (χ1v) is 4.95. The number of hydrogen-bond acceptors (Lipinski definition) is 3. The van der Waals surface area contributed by atoms with Gasteiger partial charge in [-0.3, -0.25) is 5.10 Å². The van der Waals surface area contributed by atoms with Gasteiger partial charge in [-0.2, -0.15) is 0 Å². The van der Waals surface area contributed by atoms with Crippen LogP contribution < -0.4 is 5.32 Å². The van der Waals surface area contributed by atoms with E-state index in [-0.39, 0.29) is 0 Å². The van der Waals surface area contributed by atoms with Crippen molar-refractivity contribution in [1.29, 1.82) is 0 Å². The summed E-state index contributed by atoms with van der Waals surface area (Å²) in [7, 11) is 0. The predicted molar refractivity (Wildman–Crippen MR) is 61.4 cm³/mol. The molecule has 0 atom stereocenters. The SMILES string of the molecule is S=C(NCc1ccccc1)c1c[nH]nn1. The topological polar surface area (TPSA) is 53.6 Å². The lowest BCUT2D eigenvalue weighted by Gasteiger charge is -2.04. The Labute approximate surface area is 92.7 Å². The minimum Gasteiger partial charge on any atom is -0.370 e. The highest BCUT2D eigenvalue weighted by atomic mass is 32.1. The quantitative estimate of drug-likeness (QED) is 0.762. The van der Waals surface area contributed by atoms with Gasteiger partial charge in [0.25, 0.3) is 0 Å². The normalized spacial score (nSPS) is 9.87. The number of hydrogen-bond donors (Lipinski definition) is 2. The zero-order valence-corrected chi connectivity index (χ0v) is 8.79. The van der Waals surface area contributed by atoms with Crippen LogP contribution in [-0.2, 0) is 6.54 Å². The molecule has 1 aromatic heterocycles. The van der Waals surface area contributed by atoms with Gasteiger partial charge in [-0.1, -0.05) is 47.8 Å². The molecule has 5 heteroatoms. The van der Waals surface area contributed by atoms with E-state index in [1.165, 1.54) is 5.56 Å². The van der Waals surface area contributed by atoms with E-state index >= 15 is 0 Å². The number of H-pyrrole nitrogens is 1. The summed E-state index contributed by atoms with van der Waals surface area (Å²) < 4.78 is 0. The summed E-state index contributed by atoms with van der Waals surface area (Å²) in [5, 5.41) is 13.1.